The molecule has 3 rings (SSSR count). The second kappa shape index (κ2) is 5.06. The van der Waals surface area contributed by atoms with Crippen LogP contribution in [0.25, 0.3) is 10.9 Å². The number of aromatic amines is 1. The summed E-state index contributed by atoms with van der Waals surface area (Å²) in [7, 11) is 0. The molecule has 0 amide bonds. The summed E-state index contributed by atoms with van der Waals surface area (Å²) in [5, 5.41) is 4.42. The summed E-state index contributed by atoms with van der Waals surface area (Å²) in [6, 6.07) is 5.93. The van der Waals surface area contributed by atoms with Crippen molar-refractivity contribution in [2.75, 3.05) is 11.9 Å². The molecule has 3 aromatic rings. The Hall–Kier alpha value is -2.43. The third-order valence-electron chi connectivity index (χ3n) is 3.11. The molecule has 0 bridgehead atoms. The average Bonchev–Trinajstić information content (AvgIpc) is 2.85. The Morgan fingerprint density at radius 1 is 1.16 bits per heavy atom. The predicted molar refractivity (Wildman–Crippen MR) is 75.1 cm³/mol. The highest BCUT2D eigenvalue weighted by molar-refractivity contribution is 5.87. The van der Waals surface area contributed by atoms with Crippen molar-refractivity contribution in [3.63, 3.8) is 0 Å². The topological polar surface area (TPSA) is 66.5 Å². The molecule has 0 aliphatic carbocycles. The molecule has 2 N–H and O–H groups in total. The van der Waals surface area contributed by atoms with Gasteiger partial charge in [0.05, 0.1) is 12.0 Å². The molecule has 0 saturated carbocycles. The van der Waals surface area contributed by atoms with Crippen molar-refractivity contribution in [3.8, 4) is 0 Å². The molecule has 0 unspecified atom stereocenters. The zero-order valence-electron chi connectivity index (χ0n) is 10.7. The zero-order chi connectivity index (χ0) is 13.1. The third kappa shape index (κ3) is 2.40. The molecule has 3 aromatic heterocycles. The molecular weight excluding hydrogens is 238 g/mol. The largest absolute Gasteiger partial charge is 0.368 e. The van der Waals surface area contributed by atoms with Crippen LogP contribution in [-0.2, 0) is 6.42 Å². The predicted octanol–water partition coefficient (Wildman–Crippen LogP) is 2.32. The van der Waals surface area contributed by atoms with E-state index < -0.39 is 0 Å². The number of imidazole rings is 1. The lowest BCUT2D eigenvalue weighted by Gasteiger charge is -2.07. The molecular formula is C14H15N5. The standard InChI is InChI=1S/C14H15N5/c1-10-12(19-9-18-10)5-8-17-14-13-11(4-7-16-14)3-2-6-15-13/h2-4,6-7,9H,5,8H2,1H3,(H,16,17)(H,18,19). The van der Waals surface area contributed by atoms with Crippen LogP contribution in [0.3, 0.4) is 0 Å². The first-order valence-electron chi connectivity index (χ1n) is 6.27. The van der Waals surface area contributed by atoms with Gasteiger partial charge in [0, 0.05) is 36.4 Å². The first-order chi connectivity index (χ1) is 9.34. The van der Waals surface area contributed by atoms with Gasteiger partial charge in [-0.25, -0.2) is 9.97 Å². The van der Waals surface area contributed by atoms with Crippen molar-refractivity contribution < 1.29 is 0 Å². The molecule has 5 nitrogen and oxygen atoms in total. The summed E-state index contributed by atoms with van der Waals surface area (Å²) in [5.74, 6) is 0.825. The van der Waals surface area contributed by atoms with Gasteiger partial charge in [0.15, 0.2) is 5.82 Å². The van der Waals surface area contributed by atoms with E-state index in [1.165, 1.54) is 0 Å². The van der Waals surface area contributed by atoms with E-state index in [9.17, 15) is 0 Å². The molecule has 3 heterocycles. The molecule has 96 valence electrons. The second-order valence-electron chi connectivity index (χ2n) is 4.39. The Morgan fingerprint density at radius 3 is 2.95 bits per heavy atom. The van der Waals surface area contributed by atoms with Gasteiger partial charge in [0.25, 0.3) is 0 Å². The Labute approximate surface area is 111 Å². The van der Waals surface area contributed by atoms with Crippen molar-refractivity contribution in [3.05, 3.63) is 48.3 Å². The van der Waals surface area contributed by atoms with E-state index in [-0.39, 0.29) is 0 Å². The van der Waals surface area contributed by atoms with E-state index in [1.807, 2.05) is 25.1 Å². The fourth-order valence-corrected chi connectivity index (χ4v) is 2.07. The number of rotatable bonds is 4. The summed E-state index contributed by atoms with van der Waals surface area (Å²) in [5.41, 5.74) is 3.11. The Kier molecular flexibility index (Phi) is 3.10. The van der Waals surface area contributed by atoms with Crippen LogP contribution in [0.15, 0.2) is 36.9 Å². The monoisotopic (exact) mass is 253 g/mol. The van der Waals surface area contributed by atoms with E-state index >= 15 is 0 Å². The summed E-state index contributed by atoms with van der Waals surface area (Å²) in [6.07, 6.45) is 6.17. The van der Waals surface area contributed by atoms with Crippen LogP contribution in [0.1, 0.15) is 11.4 Å². The van der Waals surface area contributed by atoms with Crippen molar-refractivity contribution in [2.24, 2.45) is 0 Å². The number of fused-ring (bicyclic) bond motifs is 1. The van der Waals surface area contributed by atoms with E-state index in [0.717, 1.165) is 41.1 Å². The van der Waals surface area contributed by atoms with Crippen molar-refractivity contribution in [1.29, 1.82) is 0 Å². The highest BCUT2D eigenvalue weighted by Gasteiger charge is 2.04. The first-order valence-corrected chi connectivity index (χ1v) is 6.27. The molecule has 0 aliphatic heterocycles. The maximum Gasteiger partial charge on any atom is 0.152 e. The number of hydrogen-bond donors (Lipinski definition) is 2. The van der Waals surface area contributed by atoms with E-state index in [0.29, 0.717) is 0 Å². The lowest BCUT2D eigenvalue weighted by molar-refractivity contribution is 0.956. The van der Waals surface area contributed by atoms with Crippen molar-refractivity contribution in [2.45, 2.75) is 13.3 Å². The Morgan fingerprint density at radius 2 is 2.11 bits per heavy atom. The van der Waals surface area contributed by atoms with Gasteiger partial charge in [0.1, 0.15) is 5.52 Å². The number of hydrogen-bond acceptors (Lipinski definition) is 4. The minimum Gasteiger partial charge on any atom is -0.368 e. The van der Waals surface area contributed by atoms with Crippen LogP contribution < -0.4 is 5.32 Å². The highest BCUT2D eigenvalue weighted by atomic mass is 15.0. The fourth-order valence-electron chi connectivity index (χ4n) is 2.07. The Balaban J connectivity index is 1.74. The molecule has 0 saturated heterocycles. The van der Waals surface area contributed by atoms with Gasteiger partial charge in [-0.05, 0) is 19.1 Å². The second-order valence-corrected chi connectivity index (χ2v) is 4.39. The van der Waals surface area contributed by atoms with Crippen LogP contribution in [-0.4, -0.2) is 26.5 Å². The smallest absolute Gasteiger partial charge is 0.152 e. The minimum atomic E-state index is 0.786. The number of nitrogens with one attached hydrogen (secondary N) is 2. The van der Waals surface area contributed by atoms with Crippen molar-refractivity contribution in [1.82, 2.24) is 19.9 Å². The van der Waals surface area contributed by atoms with Gasteiger partial charge < -0.3 is 10.3 Å². The highest BCUT2D eigenvalue weighted by Crippen LogP contribution is 2.17. The Bertz CT molecular complexity index is 684. The minimum absolute atomic E-state index is 0.786. The summed E-state index contributed by atoms with van der Waals surface area (Å²) >= 11 is 0. The number of anilines is 1. The summed E-state index contributed by atoms with van der Waals surface area (Å²) in [6.45, 7) is 2.81. The molecule has 5 heteroatoms. The van der Waals surface area contributed by atoms with Crippen LogP contribution >= 0.6 is 0 Å². The molecule has 0 spiro atoms. The number of nitrogens with zero attached hydrogens (tertiary/aromatic N) is 3. The third-order valence-corrected chi connectivity index (χ3v) is 3.11. The number of aryl methyl sites for hydroxylation is 1. The number of pyridine rings is 2. The van der Waals surface area contributed by atoms with Crippen LogP contribution in [0.4, 0.5) is 5.82 Å². The van der Waals surface area contributed by atoms with Gasteiger partial charge in [-0.2, -0.15) is 0 Å². The molecule has 0 aliphatic rings. The fraction of sp³-hybridized carbons (Fsp3) is 0.214. The van der Waals surface area contributed by atoms with E-state index in [4.69, 9.17) is 0 Å². The van der Waals surface area contributed by atoms with Gasteiger partial charge in [-0.15, -0.1) is 0 Å². The van der Waals surface area contributed by atoms with Crippen LogP contribution in [0, 0.1) is 6.92 Å². The van der Waals surface area contributed by atoms with Gasteiger partial charge in [0.2, 0.25) is 0 Å². The van der Waals surface area contributed by atoms with Crippen molar-refractivity contribution >= 4 is 16.7 Å². The van der Waals surface area contributed by atoms with E-state index in [1.54, 1.807) is 18.7 Å². The SMILES string of the molecule is Cc1[nH]cnc1CCNc1nccc2cccnc12. The maximum absolute atomic E-state index is 4.37. The maximum atomic E-state index is 4.37. The summed E-state index contributed by atoms with van der Waals surface area (Å²) in [4.78, 5) is 16.1. The molecule has 19 heavy (non-hydrogen) atoms. The lowest BCUT2D eigenvalue weighted by Crippen LogP contribution is -2.08. The molecule has 0 aromatic carbocycles. The molecule has 0 atom stereocenters. The average molecular weight is 253 g/mol. The zero-order valence-corrected chi connectivity index (χ0v) is 10.7. The summed E-state index contributed by atoms with van der Waals surface area (Å²) < 4.78 is 0. The normalized spacial score (nSPS) is 10.8. The van der Waals surface area contributed by atoms with Crippen LogP contribution in [0.5, 0.6) is 0 Å². The van der Waals surface area contributed by atoms with E-state index in [2.05, 4.69) is 25.3 Å². The number of aromatic nitrogens is 4. The molecule has 0 fully saturated rings. The molecule has 0 radical (unpaired) electrons. The number of H-pyrrole nitrogens is 1. The van der Waals surface area contributed by atoms with Crippen LogP contribution in [0.2, 0.25) is 0 Å². The van der Waals surface area contributed by atoms with Gasteiger partial charge in [-0.3, -0.25) is 4.98 Å². The first kappa shape index (κ1) is 11.6. The van der Waals surface area contributed by atoms with Gasteiger partial charge >= 0.3 is 0 Å². The van der Waals surface area contributed by atoms with Gasteiger partial charge in [-0.1, -0.05) is 6.07 Å². The quantitative estimate of drug-likeness (QED) is 0.748. The lowest BCUT2D eigenvalue weighted by atomic mass is 10.2.